The molecule has 0 radical (unpaired) electrons. The Morgan fingerprint density at radius 2 is 1.95 bits per heavy atom. The van der Waals surface area contributed by atoms with Crippen molar-refractivity contribution in [2.75, 3.05) is 11.9 Å². The molecule has 0 saturated heterocycles. The smallest absolute Gasteiger partial charge is 0.149 e. The lowest BCUT2D eigenvalue weighted by Gasteiger charge is -2.27. The van der Waals surface area contributed by atoms with E-state index in [4.69, 9.17) is 11.6 Å². The summed E-state index contributed by atoms with van der Waals surface area (Å²) in [7, 11) is 1.71. The SMILES string of the molecule is CC(Cc1cccs1)N(C)c1c(F)cc(CCl)cc1F. The predicted octanol–water partition coefficient (Wildman–Crippen LogP) is 4.83. The van der Waals surface area contributed by atoms with Crippen LogP contribution < -0.4 is 4.90 Å². The maximum absolute atomic E-state index is 14.0. The predicted molar refractivity (Wildman–Crippen MR) is 81.8 cm³/mol. The second kappa shape index (κ2) is 6.55. The molecule has 0 fully saturated rings. The van der Waals surface area contributed by atoms with Crippen molar-refractivity contribution in [3.05, 3.63) is 51.7 Å². The number of alkyl halides is 1. The number of hydrogen-bond acceptors (Lipinski definition) is 2. The lowest BCUT2D eigenvalue weighted by molar-refractivity contribution is 0.559. The molecule has 0 N–H and O–H groups in total. The quantitative estimate of drug-likeness (QED) is 0.714. The Balaban J connectivity index is 2.22. The molecule has 1 atom stereocenters. The molecule has 0 amide bonds. The first-order valence-corrected chi connectivity index (χ1v) is 7.73. The molecule has 1 unspecified atom stereocenters. The summed E-state index contributed by atoms with van der Waals surface area (Å²) in [6.45, 7) is 1.95. The molecule has 1 nitrogen and oxygen atoms in total. The van der Waals surface area contributed by atoms with E-state index in [1.165, 1.54) is 17.0 Å². The second-order valence-electron chi connectivity index (χ2n) is 4.79. The van der Waals surface area contributed by atoms with Gasteiger partial charge in [0.05, 0.1) is 0 Å². The molecule has 2 aromatic rings. The van der Waals surface area contributed by atoms with Gasteiger partial charge in [0, 0.05) is 30.3 Å². The standard InChI is InChI=1S/C15H16ClF2NS/c1-10(6-12-4-3-5-20-12)19(2)15-13(17)7-11(9-16)8-14(15)18/h3-5,7-8,10H,6,9H2,1-2H3. The fourth-order valence-electron chi connectivity index (χ4n) is 2.11. The van der Waals surface area contributed by atoms with Crippen LogP contribution in [-0.2, 0) is 12.3 Å². The van der Waals surface area contributed by atoms with Crippen molar-refractivity contribution >= 4 is 28.6 Å². The van der Waals surface area contributed by atoms with Gasteiger partial charge in [0.15, 0.2) is 0 Å². The minimum Gasteiger partial charge on any atom is -0.367 e. The molecule has 1 heterocycles. The molecule has 20 heavy (non-hydrogen) atoms. The third kappa shape index (κ3) is 3.30. The molecule has 0 saturated carbocycles. The van der Waals surface area contributed by atoms with E-state index in [-0.39, 0.29) is 17.6 Å². The number of benzene rings is 1. The van der Waals surface area contributed by atoms with E-state index < -0.39 is 11.6 Å². The molecule has 0 aliphatic heterocycles. The number of hydrogen-bond donors (Lipinski definition) is 0. The fraction of sp³-hybridized carbons (Fsp3) is 0.333. The van der Waals surface area contributed by atoms with Gasteiger partial charge in [-0.1, -0.05) is 6.07 Å². The summed E-state index contributed by atoms with van der Waals surface area (Å²) in [5.74, 6) is -1.04. The summed E-state index contributed by atoms with van der Waals surface area (Å²) >= 11 is 7.26. The Morgan fingerprint density at radius 3 is 2.45 bits per heavy atom. The number of rotatable bonds is 5. The highest BCUT2D eigenvalue weighted by molar-refractivity contribution is 7.09. The van der Waals surface area contributed by atoms with Gasteiger partial charge in [0.25, 0.3) is 0 Å². The molecule has 0 aliphatic rings. The normalized spacial score (nSPS) is 12.4. The molecule has 0 spiro atoms. The summed E-state index contributed by atoms with van der Waals surface area (Å²) in [6.07, 6.45) is 0.754. The van der Waals surface area contributed by atoms with E-state index in [0.717, 1.165) is 6.42 Å². The van der Waals surface area contributed by atoms with E-state index in [1.807, 2.05) is 24.4 Å². The highest BCUT2D eigenvalue weighted by Gasteiger charge is 2.19. The average Bonchev–Trinajstić information content (AvgIpc) is 2.90. The van der Waals surface area contributed by atoms with Crippen molar-refractivity contribution in [3.63, 3.8) is 0 Å². The Bertz CT molecular complexity index is 548. The Morgan fingerprint density at radius 1 is 1.30 bits per heavy atom. The van der Waals surface area contributed by atoms with Gasteiger partial charge in [0.2, 0.25) is 0 Å². The van der Waals surface area contributed by atoms with Gasteiger partial charge in [-0.05, 0) is 36.1 Å². The lowest BCUT2D eigenvalue weighted by Crippen LogP contribution is -2.32. The first kappa shape index (κ1) is 15.3. The van der Waals surface area contributed by atoms with Crippen molar-refractivity contribution in [3.8, 4) is 0 Å². The van der Waals surface area contributed by atoms with Gasteiger partial charge in [-0.2, -0.15) is 0 Å². The first-order chi connectivity index (χ1) is 9.52. The van der Waals surface area contributed by atoms with Gasteiger partial charge in [-0.3, -0.25) is 0 Å². The van der Waals surface area contributed by atoms with E-state index in [1.54, 1.807) is 23.3 Å². The second-order valence-corrected chi connectivity index (χ2v) is 6.08. The Labute approximate surface area is 126 Å². The lowest BCUT2D eigenvalue weighted by atomic mass is 10.1. The first-order valence-electron chi connectivity index (χ1n) is 6.32. The zero-order valence-corrected chi connectivity index (χ0v) is 12.9. The Hall–Kier alpha value is -1.13. The molecule has 2 rings (SSSR count). The molecular weight excluding hydrogens is 300 g/mol. The zero-order valence-electron chi connectivity index (χ0n) is 11.4. The van der Waals surface area contributed by atoms with Crippen LogP contribution in [-0.4, -0.2) is 13.1 Å². The number of thiophene rings is 1. The third-order valence-electron chi connectivity index (χ3n) is 3.32. The summed E-state index contributed by atoms with van der Waals surface area (Å²) < 4.78 is 28.1. The molecule has 108 valence electrons. The van der Waals surface area contributed by atoms with Crippen LogP contribution in [0.5, 0.6) is 0 Å². The van der Waals surface area contributed by atoms with Gasteiger partial charge in [0.1, 0.15) is 17.3 Å². The largest absolute Gasteiger partial charge is 0.367 e. The van der Waals surface area contributed by atoms with Crippen molar-refractivity contribution in [1.29, 1.82) is 0 Å². The van der Waals surface area contributed by atoms with E-state index in [2.05, 4.69) is 0 Å². The van der Waals surface area contributed by atoms with E-state index in [9.17, 15) is 8.78 Å². The average molecular weight is 316 g/mol. The van der Waals surface area contributed by atoms with Crippen LogP contribution in [0.4, 0.5) is 14.5 Å². The van der Waals surface area contributed by atoms with Crippen LogP contribution >= 0.6 is 22.9 Å². The summed E-state index contributed by atoms with van der Waals surface area (Å²) in [5.41, 5.74) is 0.452. The van der Waals surface area contributed by atoms with E-state index >= 15 is 0 Å². The monoisotopic (exact) mass is 315 g/mol. The zero-order chi connectivity index (χ0) is 14.7. The van der Waals surface area contributed by atoms with Crippen LogP contribution in [0.15, 0.2) is 29.6 Å². The van der Waals surface area contributed by atoms with Crippen molar-refractivity contribution < 1.29 is 8.78 Å². The summed E-state index contributed by atoms with van der Waals surface area (Å²) in [6, 6.07) is 6.58. The maximum Gasteiger partial charge on any atom is 0.149 e. The topological polar surface area (TPSA) is 3.24 Å². The summed E-state index contributed by atoms with van der Waals surface area (Å²) in [5, 5.41) is 2.00. The van der Waals surface area contributed by atoms with Gasteiger partial charge in [-0.15, -0.1) is 22.9 Å². The third-order valence-corrected chi connectivity index (χ3v) is 4.53. The number of likely N-dealkylation sites (N-methyl/N-ethyl adjacent to an activating group) is 1. The molecular formula is C15H16ClF2NS. The van der Waals surface area contributed by atoms with Crippen molar-refractivity contribution in [2.24, 2.45) is 0 Å². The summed E-state index contributed by atoms with van der Waals surface area (Å²) in [4.78, 5) is 2.84. The van der Waals surface area contributed by atoms with E-state index in [0.29, 0.717) is 5.56 Å². The van der Waals surface area contributed by atoms with Crippen molar-refractivity contribution in [2.45, 2.75) is 25.3 Å². The highest BCUT2D eigenvalue weighted by Crippen LogP contribution is 2.27. The number of halogens is 3. The highest BCUT2D eigenvalue weighted by atomic mass is 35.5. The molecule has 1 aromatic carbocycles. The van der Waals surface area contributed by atoms with Crippen LogP contribution in [0.25, 0.3) is 0 Å². The minimum absolute atomic E-state index is 0.000462. The minimum atomic E-state index is -0.568. The van der Waals surface area contributed by atoms with Gasteiger partial charge in [-0.25, -0.2) is 8.78 Å². The maximum atomic E-state index is 14.0. The molecule has 5 heteroatoms. The number of nitrogens with zero attached hydrogens (tertiary/aromatic N) is 1. The van der Waals surface area contributed by atoms with Gasteiger partial charge >= 0.3 is 0 Å². The van der Waals surface area contributed by atoms with Crippen molar-refractivity contribution in [1.82, 2.24) is 0 Å². The van der Waals surface area contributed by atoms with Gasteiger partial charge < -0.3 is 4.90 Å². The fourth-order valence-corrected chi connectivity index (χ4v) is 3.09. The molecule has 1 aromatic heterocycles. The van der Waals surface area contributed by atoms with Crippen LogP contribution in [0.2, 0.25) is 0 Å². The van der Waals surface area contributed by atoms with Crippen LogP contribution in [0, 0.1) is 11.6 Å². The molecule has 0 aliphatic carbocycles. The Kier molecular flexibility index (Phi) is 5.00. The molecule has 0 bridgehead atoms. The van der Waals surface area contributed by atoms with Crippen LogP contribution in [0.3, 0.4) is 0 Å². The van der Waals surface area contributed by atoms with Crippen LogP contribution in [0.1, 0.15) is 17.4 Å². The number of anilines is 1.